The number of halogens is 7. The lowest BCUT2D eigenvalue weighted by molar-refractivity contribution is -0.359. The van der Waals surface area contributed by atoms with Crippen LogP contribution in [0, 0.1) is 0 Å². The average molecular weight is 298 g/mol. The number of esters is 1. The van der Waals surface area contributed by atoms with Crippen molar-refractivity contribution in [2.24, 2.45) is 0 Å². The molecule has 0 amide bonds. The molecule has 0 bridgehead atoms. The van der Waals surface area contributed by atoms with Crippen LogP contribution in [0.3, 0.4) is 0 Å². The van der Waals surface area contributed by atoms with Crippen molar-refractivity contribution in [3.8, 4) is 0 Å². The number of aliphatic carboxylic acids is 1. The highest BCUT2D eigenvalue weighted by Crippen LogP contribution is 2.46. The third-order valence-corrected chi connectivity index (χ3v) is 1.57. The predicted octanol–water partition coefficient (Wildman–Crippen LogP) is 2.00. The molecule has 0 heterocycles. The van der Waals surface area contributed by atoms with E-state index in [4.69, 9.17) is 5.11 Å². The second-order valence-corrected chi connectivity index (χ2v) is 3.06. The van der Waals surface area contributed by atoms with Crippen LogP contribution in [0.5, 0.6) is 0 Å². The number of rotatable bonds is 5. The molecule has 0 saturated carbocycles. The van der Waals surface area contributed by atoms with Gasteiger partial charge in [-0.15, -0.1) is 0 Å². The molecule has 4 nitrogen and oxygen atoms in total. The summed E-state index contributed by atoms with van der Waals surface area (Å²) in [6, 6.07) is 0. The van der Waals surface area contributed by atoms with Crippen LogP contribution in [0.1, 0.15) is 0 Å². The Kier molecular flexibility index (Phi) is 4.93. The lowest BCUT2D eigenvalue weighted by atomic mass is 10.2. The smallest absolute Gasteiger partial charge is 0.460 e. The van der Waals surface area contributed by atoms with Crippen LogP contribution in [0.4, 0.5) is 30.7 Å². The maximum absolute atomic E-state index is 12.6. The van der Waals surface area contributed by atoms with E-state index >= 15 is 0 Å². The zero-order valence-corrected chi connectivity index (χ0v) is 8.68. The number of carboxylic acids is 1. The second-order valence-electron chi connectivity index (χ2n) is 3.06. The van der Waals surface area contributed by atoms with Gasteiger partial charge in [0.1, 0.15) is 0 Å². The molecule has 0 atom stereocenters. The van der Waals surface area contributed by atoms with Crippen molar-refractivity contribution in [2.75, 3.05) is 6.61 Å². The summed E-state index contributed by atoms with van der Waals surface area (Å²) in [5, 5.41) is 8.01. The maximum Gasteiger partial charge on any atom is 0.460 e. The number of alkyl halides is 7. The third kappa shape index (κ3) is 4.41. The Morgan fingerprint density at radius 2 is 1.47 bits per heavy atom. The molecule has 0 aromatic carbocycles. The van der Waals surface area contributed by atoms with E-state index in [2.05, 4.69) is 4.74 Å². The van der Waals surface area contributed by atoms with Gasteiger partial charge in [-0.3, -0.25) is 0 Å². The van der Waals surface area contributed by atoms with Crippen molar-refractivity contribution in [2.45, 2.75) is 18.0 Å². The molecule has 0 aliphatic rings. The first-order valence-electron chi connectivity index (χ1n) is 4.21. The van der Waals surface area contributed by atoms with Crippen LogP contribution >= 0.6 is 0 Å². The van der Waals surface area contributed by atoms with Crippen LogP contribution in [-0.4, -0.2) is 41.7 Å². The molecule has 1 N–H and O–H groups in total. The highest BCUT2D eigenvalue weighted by atomic mass is 19.4. The van der Waals surface area contributed by atoms with Gasteiger partial charge in [-0.05, 0) is 0 Å². The molecular weight excluding hydrogens is 293 g/mol. The normalized spacial score (nSPS) is 13.6. The number of hydrogen-bond acceptors (Lipinski definition) is 3. The topological polar surface area (TPSA) is 63.6 Å². The summed E-state index contributed by atoms with van der Waals surface area (Å²) >= 11 is 0. The Morgan fingerprint density at radius 1 is 1.00 bits per heavy atom. The Morgan fingerprint density at radius 3 is 1.84 bits per heavy atom. The third-order valence-electron chi connectivity index (χ3n) is 1.57. The van der Waals surface area contributed by atoms with Gasteiger partial charge < -0.3 is 9.84 Å². The molecule has 110 valence electrons. The lowest BCUT2D eigenvalue weighted by Crippen LogP contribution is -2.54. The van der Waals surface area contributed by atoms with Crippen molar-refractivity contribution in [3.63, 3.8) is 0 Å². The van der Waals surface area contributed by atoms with Crippen LogP contribution in [-0.2, 0) is 14.3 Å². The van der Waals surface area contributed by atoms with Gasteiger partial charge in [0, 0.05) is 12.2 Å². The average Bonchev–Trinajstić information content (AvgIpc) is 2.21. The molecule has 0 aromatic rings. The van der Waals surface area contributed by atoms with E-state index in [1.807, 2.05) is 0 Å². The van der Waals surface area contributed by atoms with Gasteiger partial charge in [-0.25, -0.2) is 9.59 Å². The number of carboxylic acid groups (broad SMARTS) is 1. The molecule has 0 spiro atoms. The molecule has 19 heavy (non-hydrogen) atoms. The van der Waals surface area contributed by atoms with E-state index in [1.54, 1.807) is 0 Å². The number of carbonyl (C=O) groups is 2. The molecule has 0 fully saturated rings. The summed E-state index contributed by atoms with van der Waals surface area (Å²) in [5.41, 5.74) is 0. The van der Waals surface area contributed by atoms with E-state index in [9.17, 15) is 40.3 Å². The number of carbonyl (C=O) groups excluding carboxylic acids is 1. The van der Waals surface area contributed by atoms with Gasteiger partial charge in [-0.1, -0.05) is 0 Å². The molecule has 0 unspecified atom stereocenters. The molecule has 0 saturated heterocycles. The van der Waals surface area contributed by atoms with Crippen LogP contribution < -0.4 is 0 Å². The standard InChI is InChI=1S/C8H5F7O4/c9-6(10,7(11,12)8(13,14)15)3-19-5(18)2-1-4(16)17/h1-2H,3H2,(H,16,17)/b2-1+. The van der Waals surface area contributed by atoms with Gasteiger partial charge in [0.15, 0.2) is 6.61 Å². The SMILES string of the molecule is O=C(O)/C=C/C(=O)OCC(F)(F)C(F)(F)C(F)(F)F. The summed E-state index contributed by atoms with van der Waals surface area (Å²) < 4.78 is 88.1. The zero-order valence-electron chi connectivity index (χ0n) is 8.68. The van der Waals surface area contributed by atoms with Crippen LogP contribution in [0.2, 0.25) is 0 Å². The highest BCUT2D eigenvalue weighted by molar-refractivity contribution is 5.90. The summed E-state index contributed by atoms with van der Waals surface area (Å²) in [5.74, 6) is -15.6. The minimum Gasteiger partial charge on any atom is -0.478 e. The van der Waals surface area contributed by atoms with Crippen molar-refractivity contribution in [3.05, 3.63) is 12.2 Å². The number of hydrogen-bond donors (Lipinski definition) is 1. The predicted molar refractivity (Wildman–Crippen MR) is 43.7 cm³/mol. The largest absolute Gasteiger partial charge is 0.478 e. The summed E-state index contributed by atoms with van der Waals surface area (Å²) in [6.07, 6.45) is -6.33. The zero-order chi connectivity index (χ0) is 15.5. The summed E-state index contributed by atoms with van der Waals surface area (Å²) in [4.78, 5) is 20.4. The first-order valence-corrected chi connectivity index (χ1v) is 4.21. The van der Waals surface area contributed by atoms with E-state index in [0.29, 0.717) is 0 Å². The fourth-order valence-electron chi connectivity index (χ4n) is 0.647. The molecule has 0 aliphatic heterocycles. The first-order chi connectivity index (χ1) is 8.31. The number of ether oxygens (including phenoxy) is 1. The van der Waals surface area contributed by atoms with Crippen molar-refractivity contribution in [1.82, 2.24) is 0 Å². The molecular formula is C8H5F7O4. The second kappa shape index (κ2) is 5.45. The van der Waals surface area contributed by atoms with Gasteiger partial charge >= 0.3 is 30.0 Å². The Labute approximate surface area is 100.0 Å². The van der Waals surface area contributed by atoms with Crippen LogP contribution in [0.25, 0.3) is 0 Å². The Balaban J connectivity index is 4.72. The molecule has 0 rings (SSSR count). The maximum atomic E-state index is 12.6. The minimum absolute atomic E-state index is 0.0736. The summed E-state index contributed by atoms with van der Waals surface area (Å²) in [7, 11) is 0. The van der Waals surface area contributed by atoms with E-state index in [-0.39, 0.29) is 12.2 Å². The Hall–Kier alpha value is -1.81. The van der Waals surface area contributed by atoms with Gasteiger partial charge in [0.05, 0.1) is 0 Å². The van der Waals surface area contributed by atoms with Crippen molar-refractivity contribution < 1.29 is 50.2 Å². The van der Waals surface area contributed by atoms with Gasteiger partial charge in [0.2, 0.25) is 0 Å². The van der Waals surface area contributed by atoms with E-state index in [0.717, 1.165) is 0 Å². The quantitative estimate of drug-likeness (QED) is 0.479. The van der Waals surface area contributed by atoms with E-state index in [1.165, 1.54) is 0 Å². The van der Waals surface area contributed by atoms with E-state index < -0.39 is 36.6 Å². The fourth-order valence-corrected chi connectivity index (χ4v) is 0.647. The molecule has 0 aliphatic carbocycles. The lowest BCUT2D eigenvalue weighted by Gasteiger charge is -2.27. The monoisotopic (exact) mass is 298 g/mol. The Bertz CT molecular complexity index is 385. The minimum atomic E-state index is -6.53. The van der Waals surface area contributed by atoms with Crippen LogP contribution in [0.15, 0.2) is 12.2 Å². The van der Waals surface area contributed by atoms with Crippen molar-refractivity contribution in [1.29, 1.82) is 0 Å². The molecule has 0 aromatic heterocycles. The van der Waals surface area contributed by atoms with Crippen molar-refractivity contribution >= 4 is 11.9 Å². The fraction of sp³-hybridized carbons (Fsp3) is 0.500. The highest BCUT2D eigenvalue weighted by Gasteiger charge is 2.73. The van der Waals surface area contributed by atoms with Gasteiger partial charge in [-0.2, -0.15) is 30.7 Å². The molecule has 11 heteroatoms. The molecule has 0 radical (unpaired) electrons. The summed E-state index contributed by atoms with van der Waals surface area (Å²) in [6.45, 7) is -2.55. The van der Waals surface area contributed by atoms with Gasteiger partial charge in [0.25, 0.3) is 0 Å². The first kappa shape index (κ1) is 17.2.